The summed E-state index contributed by atoms with van der Waals surface area (Å²) >= 11 is 1.79. The van der Waals surface area contributed by atoms with E-state index in [1.54, 1.807) is 17.8 Å². The second kappa shape index (κ2) is 4.37. The topological polar surface area (TPSA) is 37.3 Å². The smallest absolute Gasteiger partial charge is 0.150 e. The van der Waals surface area contributed by atoms with Gasteiger partial charge in [-0.05, 0) is 23.8 Å². The summed E-state index contributed by atoms with van der Waals surface area (Å²) in [4.78, 5) is 10.6. The Morgan fingerprint density at radius 3 is 3.07 bits per heavy atom. The van der Waals surface area contributed by atoms with Gasteiger partial charge in [-0.3, -0.25) is 4.79 Å². The van der Waals surface area contributed by atoms with Crippen LogP contribution in [0.2, 0.25) is 0 Å². The van der Waals surface area contributed by atoms with Crippen molar-refractivity contribution in [1.29, 1.82) is 0 Å². The van der Waals surface area contributed by atoms with Gasteiger partial charge in [0.05, 0.1) is 5.60 Å². The molecule has 0 aromatic heterocycles. The summed E-state index contributed by atoms with van der Waals surface area (Å²) in [5.74, 6) is 1.84. The SMILES string of the molecule is O=Cc1cccc(CC2(O)CCSC2)c1. The summed E-state index contributed by atoms with van der Waals surface area (Å²) in [6.45, 7) is 0. The van der Waals surface area contributed by atoms with Crippen LogP contribution in [0.1, 0.15) is 22.3 Å². The average molecular weight is 222 g/mol. The maximum Gasteiger partial charge on any atom is 0.150 e. The van der Waals surface area contributed by atoms with Gasteiger partial charge in [0.25, 0.3) is 0 Å². The minimum absolute atomic E-state index is 0.563. The summed E-state index contributed by atoms with van der Waals surface area (Å²) in [6, 6.07) is 7.47. The molecule has 0 bridgehead atoms. The Kier molecular flexibility index (Phi) is 3.12. The van der Waals surface area contributed by atoms with Crippen LogP contribution in [0.5, 0.6) is 0 Å². The molecule has 0 radical (unpaired) electrons. The van der Waals surface area contributed by atoms with Crippen molar-refractivity contribution in [3.05, 3.63) is 35.4 Å². The van der Waals surface area contributed by atoms with Crippen LogP contribution in [0.25, 0.3) is 0 Å². The standard InChI is InChI=1S/C12H14O2S/c13-8-11-3-1-2-10(6-11)7-12(14)4-5-15-9-12/h1-3,6,8,14H,4-5,7,9H2. The maximum absolute atomic E-state index is 10.6. The Morgan fingerprint density at radius 2 is 2.40 bits per heavy atom. The molecule has 1 atom stereocenters. The molecule has 1 N–H and O–H groups in total. The lowest BCUT2D eigenvalue weighted by molar-refractivity contribution is 0.0686. The number of hydrogen-bond donors (Lipinski definition) is 1. The highest BCUT2D eigenvalue weighted by Crippen LogP contribution is 2.30. The van der Waals surface area contributed by atoms with E-state index in [1.165, 1.54) is 0 Å². The Labute approximate surface area is 93.7 Å². The Balaban J connectivity index is 2.12. The molecule has 15 heavy (non-hydrogen) atoms. The van der Waals surface area contributed by atoms with Crippen LogP contribution in [0.15, 0.2) is 24.3 Å². The highest BCUT2D eigenvalue weighted by atomic mass is 32.2. The zero-order valence-electron chi connectivity index (χ0n) is 8.48. The van der Waals surface area contributed by atoms with Crippen molar-refractivity contribution in [3.8, 4) is 0 Å². The van der Waals surface area contributed by atoms with E-state index in [9.17, 15) is 9.90 Å². The first-order valence-electron chi connectivity index (χ1n) is 5.06. The predicted molar refractivity (Wildman–Crippen MR) is 62.4 cm³/mol. The van der Waals surface area contributed by atoms with Crippen LogP contribution in [0.4, 0.5) is 0 Å². The van der Waals surface area contributed by atoms with Gasteiger partial charge in [-0.25, -0.2) is 0 Å². The number of thioether (sulfide) groups is 1. The fourth-order valence-electron chi connectivity index (χ4n) is 1.89. The molecule has 0 amide bonds. The van der Waals surface area contributed by atoms with E-state index >= 15 is 0 Å². The van der Waals surface area contributed by atoms with Gasteiger partial charge in [0.15, 0.2) is 0 Å². The Hall–Kier alpha value is -0.800. The van der Waals surface area contributed by atoms with E-state index in [-0.39, 0.29) is 0 Å². The molecule has 1 aromatic carbocycles. The first-order valence-corrected chi connectivity index (χ1v) is 6.22. The molecule has 0 saturated carbocycles. The van der Waals surface area contributed by atoms with Gasteiger partial charge in [0.2, 0.25) is 0 Å². The van der Waals surface area contributed by atoms with Crippen molar-refractivity contribution >= 4 is 18.0 Å². The first kappa shape index (κ1) is 10.7. The van der Waals surface area contributed by atoms with Gasteiger partial charge in [-0.2, -0.15) is 11.8 Å². The van der Waals surface area contributed by atoms with E-state index in [0.717, 1.165) is 29.8 Å². The lowest BCUT2D eigenvalue weighted by atomic mass is 9.93. The summed E-state index contributed by atoms with van der Waals surface area (Å²) in [5, 5.41) is 10.2. The number of rotatable bonds is 3. The fraction of sp³-hybridized carbons (Fsp3) is 0.417. The average Bonchev–Trinajstić information content (AvgIpc) is 2.65. The van der Waals surface area contributed by atoms with Gasteiger partial charge in [-0.1, -0.05) is 18.2 Å². The van der Waals surface area contributed by atoms with E-state index < -0.39 is 5.60 Å². The van der Waals surface area contributed by atoms with Crippen molar-refractivity contribution in [2.75, 3.05) is 11.5 Å². The number of carbonyl (C=O) groups excluding carboxylic acids is 1. The molecule has 2 rings (SSSR count). The zero-order valence-corrected chi connectivity index (χ0v) is 9.30. The van der Waals surface area contributed by atoms with E-state index in [0.29, 0.717) is 12.0 Å². The van der Waals surface area contributed by atoms with Gasteiger partial charge in [0, 0.05) is 17.7 Å². The summed E-state index contributed by atoms with van der Waals surface area (Å²) in [6.07, 6.45) is 2.35. The van der Waals surface area contributed by atoms with E-state index in [2.05, 4.69) is 0 Å². The molecule has 1 heterocycles. The molecular formula is C12H14O2S. The van der Waals surface area contributed by atoms with Gasteiger partial charge < -0.3 is 5.11 Å². The largest absolute Gasteiger partial charge is 0.389 e. The van der Waals surface area contributed by atoms with Crippen LogP contribution in [0, 0.1) is 0 Å². The first-order chi connectivity index (χ1) is 7.22. The lowest BCUT2D eigenvalue weighted by Gasteiger charge is -2.21. The van der Waals surface area contributed by atoms with E-state index in [4.69, 9.17) is 0 Å². The van der Waals surface area contributed by atoms with Crippen molar-refractivity contribution in [2.24, 2.45) is 0 Å². The number of aldehydes is 1. The molecule has 80 valence electrons. The highest BCUT2D eigenvalue weighted by molar-refractivity contribution is 7.99. The van der Waals surface area contributed by atoms with Crippen LogP contribution < -0.4 is 0 Å². The predicted octanol–water partition coefficient (Wildman–Crippen LogP) is 1.91. The van der Waals surface area contributed by atoms with Gasteiger partial charge in [-0.15, -0.1) is 0 Å². The third-order valence-corrected chi connectivity index (χ3v) is 3.94. The molecule has 0 aliphatic carbocycles. The zero-order chi connectivity index (χ0) is 10.7. The third kappa shape index (κ3) is 2.61. The van der Waals surface area contributed by atoms with Crippen LogP contribution in [-0.4, -0.2) is 28.5 Å². The molecule has 1 aliphatic rings. The third-order valence-electron chi connectivity index (χ3n) is 2.70. The second-order valence-corrected chi connectivity index (χ2v) is 5.17. The van der Waals surface area contributed by atoms with Crippen LogP contribution >= 0.6 is 11.8 Å². The molecule has 3 heteroatoms. The molecular weight excluding hydrogens is 208 g/mol. The van der Waals surface area contributed by atoms with Crippen LogP contribution in [-0.2, 0) is 6.42 Å². The van der Waals surface area contributed by atoms with E-state index in [1.807, 2.05) is 18.2 Å². The number of carbonyl (C=O) groups is 1. The molecule has 1 saturated heterocycles. The molecule has 1 aromatic rings. The van der Waals surface area contributed by atoms with Crippen molar-refractivity contribution < 1.29 is 9.90 Å². The number of hydrogen-bond acceptors (Lipinski definition) is 3. The van der Waals surface area contributed by atoms with Gasteiger partial charge in [0.1, 0.15) is 6.29 Å². The van der Waals surface area contributed by atoms with Crippen molar-refractivity contribution in [3.63, 3.8) is 0 Å². The quantitative estimate of drug-likeness (QED) is 0.794. The second-order valence-electron chi connectivity index (χ2n) is 4.07. The highest BCUT2D eigenvalue weighted by Gasteiger charge is 2.31. The Bertz CT molecular complexity index is 356. The van der Waals surface area contributed by atoms with Crippen LogP contribution in [0.3, 0.4) is 0 Å². The number of aliphatic hydroxyl groups is 1. The summed E-state index contributed by atoms with van der Waals surface area (Å²) < 4.78 is 0. The molecule has 0 spiro atoms. The fourth-order valence-corrected chi connectivity index (χ4v) is 3.19. The van der Waals surface area contributed by atoms with Crippen molar-refractivity contribution in [2.45, 2.75) is 18.4 Å². The molecule has 1 aliphatic heterocycles. The Morgan fingerprint density at radius 1 is 1.53 bits per heavy atom. The van der Waals surface area contributed by atoms with Gasteiger partial charge >= 0.3 is 0 Å². The minimum atomic E-state index is -0.563. The normalized spacial score (nSPS) is 25.4. The summed E-state index contributed by atoms with van der Waals surface area (Å²) in [5.41, 5.74) is 1.16. The minimum Gasteiger partial charge on any atom is -0.389 e. The van der Waals surface area contributed by atoms with Crippen molar-refractivity contribution in [1.82, 2.24) is 0 Å². The maximum atomic E-state index is 10.6. The molecule has 1 fully saturated rings. The summed E-state index contributed by atoms with van der Waals surface area (Å²) in [7, 11) is 0. The molecule has 1 unspecified atom stereocenters. The number of benzene rings is 1. The molecule has 2 nitrogen and oxygen atoms in total. The lowest BCUT2D eigenvalue weighted by Crippen LogP contribution is -2.30. The monoisotopic (exact) mass is 222 g/mol.